The molecule has 136 valence electrons. The summed E-state index contributed by atoms with van der Waals surface area (Å²) in [4.78, 5) is 4.88. The van der Waals surface area contributed by atoms with E-state index < -0.39 is 0 Å². The highest BCUT2D eigenvalue weighted by atomic mass is 16.5. The molecular weight excluding hydrogens is 326 g/mol. The van der Waals surface area contributed by atoms with Gasteiger partial charge in [0.25, 0.3) is 0 Å². The van der Waals surface area contributed by atoms with E-state index in [0.29, 0.717) is 0 Å². The lowest BCUT2D eigenvalue weighted by Crippen LogP contribution is -2.45. The SMILES string of the molecule is COc1ccc(OC)c(CN2CCN(Cc3cccc(C#N)c3)CC2)c1. The van der Waals surface area contributed by atoms with Crippen LogP contribution in [0.3, 0.4) is 0 Å². The third-order valence-electron chi connectivity index (χ3n) is 4.81. The molecule has 5 heteroatoms. The zero-order valence-electron chi connectivity index (χ0n) is 15.4. The first kappa shape index (κ1) is 18.2. The highest BCUT2D eigenvalue weighted by Gasteiger charge is 2.18. The molecule has 0 atom stereocenters. The normalized spacial score (nSPS) is 15.4. The first-order valence-electron chi connectivity index (χ1n) is 8.86. The van der Waals surface area contributed by atoms with Gasteiger partial charge in [0.15, 0.2) is 0 Å². The highest BCUT2D eigenvalue weighted by Crippen LogP contribution is 2.25. The molecule has 5 nitrogen and oxygen atoms in total. The molecule has 0 radical (unpaired) electrons. The van der Waals surface area contributed by atoms with Crippen LogP contribution < -0.4 is 9.47 Å². The van der Waals surface area contributed by atoms with Crippen molar-refractivity contribution in [2.75, 3.05) is 40.4 Å². The molecular formula is C21H25N3O2. The first-order valence-corrected chi connectivity index (χ1v) is 8.86. The Morgan fingerprint density at radius 2 is 1.65 bits per heavy atom. The fourth-order valence-electron chi connectivity index (χ4n) is 3.35. The molecule has 1 fully saturated rings. The number of hydrogen-bond donors (Lipinski definition) is 0. The summed E-state index contributed by atoms with van der Waals surface area (Å²) in [6.45, 7) is 5.81. The van der Waals surface area contributed by atoms with Crippen molar-refractivity contribution in [1.29, 1.82) is 5.26 Å². The van der Waals surface area contributed by atoms with Crippen molar-refractivity contribution in [1.82, 2.24) is 9.80 Å². The standard InChI is InChI=1S/C21H25N3O2/c1-25-20-6-7-21(26-2)19(13-20)16-24-10-8-23(9-11-24)15-18-5-3-4-17(12-18)14-22/h3-7,12-13H,8-11,15-16H2,1-2H3. The quantitative estimate of drug-likeness (QED) is 0.801. The second-order valence-electron chi connectivity index (χ2n) is 6.54. The Morgan fingerprint density at radius 1 is 0.923 bits per heavy atom. The number of rotatable bonds is 6. The van der Waals surface area contributed by atoms with Gasteiger partial charge < -0.3 is 9.47 Å². The van der Waals surface area contributed by atoms with Gasteiger partial charge in [-0.1, -0.05) is 12.1 Å². The van der Waals surface area contributed by atoms with Crippen LogP contribution in [0.2, 0.25) is 0 Å². The fraction of sp³-hybridized carbons (Fsp3) is 0.381. The maximum absolute atomic E-state index is 9.03. The summed E-state index contributed by atoms with van der Waals surface area (Å²) in [6.07, 6.45) is 0. The average molecular weight is 351 g/mol. The molecule has 0 N–H and O–H groups in total. The molecule has 0 aliphatic carbocycles. The van der Waals surface area contributed by atoms with E-state index in [2.05, 4.69) is 28.0 Å². The maximum Gasteiger partial charge on any atom is 0.123 e. The summed E-state index contributed by atoms with van der Waals surface area (Å²) < 4.78 is 10.8. The molecule has 0 unspecified atom stereocenters. The Balaban J connectivity index is 1.56. The van der Waals surface area contributed by atoms with Crippen molar-refractivity contribution in [2.45, 2.75) is 13.1 Å². The molecule has 26 heavy (non-hydrogen) atoms. The van der Waals surface area contributed by atoms with Crippen molar-refractivity contribution in [3.63, 3.8) is 0 Å². The van der Waals surface area contributed by atoms with Crippen LogP contribution in [0.4, 0.5) is 0 Å². The van der Waals surface area contributed by atoms with Crippen LogP contribution in [0.15, 0.2) is 42.5 Å². The third-order valence-corrected chi connectivity index (χ3v) is 4.81. The summed E-state index contributed by atoms with van der Waals surface area (Å²) >= 11 is 0. The van der Waals surface area contributed by atoms with Crippen molar-refractivity contribution in [3.05, 3.63) is 59.2 Å². The minimum atomic E-state index is 0.728. The topological polar surface area (TPSA) is 48.7 Å². The molecule has 0 bridgehead atoms. The largest absolute Gasteiger partial charge is 0.497 e. The number of nitriles is 1. The van der Waals surface area contributed by atoms with Gasteiger partial charge in [0.1, 0.15) is 11.5 Å². The van der Waals surface area contributed by atoms with Crippen LogP contribution in [-0.4, -0.2) is 50.2 Å². The predicted octanol–water partition coefficient (Wildman–Crippen LogP) is 2.89. The third kappa shape index (κ3) is 4.54. The molecule has 1 saturated heterocycles. The lowest BCUT2D eigenvalue weighted by molar-refractivity contribution is 0.121. The summed E-state index contributed by atoms with van der Waals surface area (Å²) in [7, 11) is 3.39. The molecule has 2 aromatic carbocycles. The monoisotopic (exact) mass is 351 g/mol. The molecule has 1 aliphatic heterocycles. The van der Waals surface area contributed by atoms with Gasteiger partial charge in [-0.2, -0.15) is 5.26 Å². The molecule has 0 spiro atoms. The van der Waals surface area contributed by atoms with E-state index >= 15 is 0 Å². The minimum absolute atomic E-state index is 0.728. The molecule has 0 saturated carbocycles. The van der Waals surface area contributed by atoms with Gasteiger partial charge in [0.2, 0.25) is 0 Å². The number of methoxy groups -OCH3 is 2. The van der Waals surface area contributed by atoms with Gasteiger partial charge in [-0.15, -0.1) is 0 Å². The highest BCUT2D eigenvalue weighted by molar-refractivity contribution is 5.40. The van der Waals surface area contributed by atoms with E-state index in [1.165, 1.54) is 5.56 Å². The van der Waals surface area contributed by atoms with Crippen molar-refractivity contribution >= 4 is 0 Å². The number of hydrogen-bond acceptors (Lipinski definition) is 5. The van der Waals surface area contributed by atoms with Gasteiger partial charge in [-0.05, 0) is 35.9 Å². The lowest BCUT2D eigenvalue weighted by atomic mass is 10.1. The van der Waals surface area contributed by atoms with E-state index in [4.69, 9.17) is 14.7 Å². The Hall–Kier alpha value is -2.55. The van der Waals surface area contributed by atoms with Gasteiger partial charge in [-0.25, -0.2) is 0 Å². The zero-order chi connectivity index (χ0) is 18.4. The lowest BCUT2D eigenvalue weighted by Gasteiger charge is -2.35. The first-order chi connectivity index (χ1) is 12.7. The van der Waals surface area contributed by atoms with Crippen LogP contribution in [0.5, 0.6) is 11.5 Å². The second-order valence-corrected chi connectivity index (χ2v) is 6.54. The molecule has 0 amide bonds. The Bertz CT molecular complexity index is 777. The van der Waals surface area contributed by atoms with E-state index in [-0.39, 0.29) is 0 Å². The van der Waals surface area contributed by atoms with Crippen LogP contribution >= 0.6 is 0 Å². The smallest absolute Gasteiger partial charge is 0.123 e. The summed E-state index contributed by atoms with van der Waals surface area (Å²) in [5.41, 5.74) is 3.08. The van der Waals surface area contributed by atoms with Crippen molar-refractivity contribution < 1.29 is 9.47 Å². The molecule has 1 aliphatic rings. The van der Waals surface area contributed by atoms with E-state index in [1.54, 1.807) is 14.2 Å². The number of nitrogens with zero attached hydrogens (tertiary/aromatic N) is 3. The predicted molar refractivity (Wildman–Crippen MR) is 101 cm³/mol. The van der Waals surface area contributed by atoms with Crippen LogP contribution in [0, 0.1) is 11.3 Å². The number of benzene rings is 2. The molecule has 2 aromatic rings. The van der Waals surface area contributed by atoms with Crippen molar-refractivity contribution in [3.8, 4) is 17.6 Å². The van der Waals surface area contributed by atoms with E-state index in [1.807, 2.05) is 30.3 Å². The van der Waals surface area contributed by atoms with Crippen LogP contribution in [0.1, 0.15) is 16.7 Å². The van der Waals surface area contributed by atoms with Gasteiger partial charge in [-0.3, -0.25) is 9.80 Å². The average Bonchev–Trinajstić information content (AvgIpc) is 2.69. The van der Waals surface area contributed by atoms with Crippen LogP contribution in [-0.2, 0) is 13.1 Å². The number of ether oxygens (including phenoxy) is 2. The molecule has 3 rings (SSSR count). The van der Waals surface area contributed by atoms with Gasteiger partial charge in [0.05, 0.1) is 25.9 Å². The summed E-state index contributed by atoms with van der Waals surface area (Å²) in [6, 6.07) is 16.0. The fourth-order valence-corrected chi connectivity index (χ4v) is 3.35. The van der Waals surface area contributed by atoms with Gasteiger partial charge in [0, 0.05) is 44.8 Å². The summed E-state index contributed by atoms with van der Waals surface area (Å²) in [5.74, 6) is 1.76. The van der Waals surface area contributed by atoms with Crippen molar-refractivity contribution in [2.24, 2.45) is 0 Å². The number of piperazine rings is 1. The minimum Gasteiger partial charge on any atom is -0.497 e. The Kier molecular flexibility index (Phi) is 6.11. The summed E-state index contributed by atoms with van der Waals surface area (Å²) in [5, 5.41) is 9.03. The molecule has 0 aromatic heterocycles. The van der Waals surface area contributed by atoms with Crippen LogP contribution in [0.25, 0.3) is 0 Å². The Labute approximate surface area is 155 Å². The molecule has 1 heterocycles. The van der Waals surface area contributed by atoms with Gasteiger partial charge >= 0.3 is 0 Å². The van der Waals surface area contributed by atoms with E-state index in [9.17, 15) is 0 Å². The second kappa shape index (κ2) is 8.70. The van der Waals surface area contributed by atoms with E-state index in [0.717, 1.165) is 61.9 Å². The Morgan fingerprint density at radius 3 is 2.31 bits per heavy atom. The zero-order valence-corrected chi connectivity index (χ0v) is 15.4. The maximum atomic E-state index is 9.03.